The molecule has 0 saturated carbocycles. The van der Waals surface area contributed by atoms with Crippen molar-refractivity contribution in [3.8, 4) is 0 Å². The first-order valence-electron chi connectivity index (χ1n) is 9.22. The zero-order valence-electron chi connectivity index (χ0n) is 14.8. The van der Waals surface area contributed by atoms with Gasteiger partial charge in [0.2, 0.25) is 0 Å². The van der Waals surface area contributed by atoms with Crippen LogP contribution in [0.5, 0.6) is 0 Å². The van der Waals surface area contributed by atoms with Crippen LogP contribution in [0.15, 0.2) is 65.7 Å². The molecule has 0 spiro atoms. The van der Waals surface area contributed by atoms with E-state index in [0.29, 0.717) is 0 Å². The maximum absolute atomic E-state index is 4.46. The second-order valence-corrected chi connectivity index (χ2v) is 6.47. The topological polar surface area (TPSA) is 39.7 Å². The monoisotopic (exact) mass is 336 g/mol. The summed E-state index contributed by atoms with van der Waals surface area (Å²) in [6.45, 7) is 5.93. The van der Waals surface area contributed by atoms with Crippen molar-refractivity contribution in [3.05, 3.63) is 71.8 Å². The van der Waals surface area contributed by atoms with Crippen LogP contribution < -0.4 is 10.6 Å². The number of benzene rings is 2. The van der Waals surface area contributed by atoms with Gasteiger partial charge in [0.1, 0.15) is 0 Å². The number of guanidine groups is 1. The normalized spacial score (nSPS) is 14.0. The lowest BCUT2D eigenvalue weighted by atomic mass is 10.1. The smallest absolute Gasteiger partial charge is 0.191 e. The Labute approximate surface area is 151 Å². The molecule has 0 amide bonds. The Morgan fingerprint density at radius 3 is 2.12 bits per heavy atom. The van der Waals surface area contributed by atoms with Crippen molar-refractivity contribution >= 4 is 5.96 Å². The molecule has 0 unspecified atom stereocenters. The number of hydrogen-bond donors (Lipinski definition) is 2. The van der Waals surface area contributed by atoms with E-state index in [1.165, 1.54) is 11.1 Å². The minimum atomic E-state index is 0.934. The highest BCUT2D eigenvalue weighted by Crippen LogP contribution is 2.10. The summed E-state index contributed by atoms with van der Waals surface area (Å²) < 4.78 is 0. The molecule has 2 N–H and O–H groups in total. The van der Waals surface area contributed by atoms with Crippen molar-refractivity contribution in [1.82, 2.24) is 15.5 Å². The van der Waals surface area contributed by atoms with Crippen LogP contribution in [-0.4, -0.2) is 37.0 Å². The third kappa shape index (κ3) is 6.24. The molecule has 0 bridgehead atoms. The summed E-state index contributed by atoms with van der Waals surface area (Å²) in [6, 6.07) is 21.4. The molecule has 0 radical (unpaired) electrons. The number of rotatable bonds is 8. The maximum Gasteiger partial charge on any atom is 0.191 e. The molecule has 0 aromatic heterocycles. The first-order valence-corrected chi connectivity index (χ1v) is 9.22. The highest BCUT2D eigenvalue weighted by molar-refractivity contribution is 5.80. The highest BCUT2D eigenvalue weighted by atomic mass is 15.2. The molecule has 1 aliphatic rings. The Kier molecular flexibility index (Phi) is 6.89. The van der Waals surface area contributed by atoms with Crippen LogP contribution in [0, 0.1) is 0 Å². The number of nitrogens with zero attached hydrogens (tertiary/aromatic N) is 2. The summed E-state index contributed by atoms with van der Waals surface area (Å²) in [4.78, 5) is 6.98. The Morgan fingerprint density at radius 1 is 0.920 bits per heavy atom. The predicted octanol–water partition coefficient (Wildman–Crippen LogP) is 3.02. The van der Waals surface area contributed by atoms with Gasteiger partial charge < -0.3 is 10.6 Å². The van der Waals surface area contributed by atoms with Crippen LogP contribution in [0.3, 0.4) is 0 Å². The van der Waals surface area contributed by atoms with Gasteiger partial charge in [-0.1, -0.05) is 60.7 Å². The minimum Gasteiger partial charge on any atom is -0.356 e. The maximum atomic E-state index is 4.46. The average molecular weight is 336 g/mol. The zero-order valence-corrected chi connectivity index (χ0v) is 14.8. The Bertz CT molecular complexity index is 598. The van der Waals surface area contributed by atoms with E-state index in [9.17, 15) is 0 Å². The molecule has 0 fully saturated rings. The van der Waals surface area contributed by atoms with Gasteiger partial charge >= 0.3 is 0 Å². The van der Waals surface area contributed by atoms with E-state index in [0.717, 1.165) is 58.1 Å². The molecule has 0 aliphatic carbocycles. The standard InChI is InChI=1S/C21H28N4/c1-3-9-19(10-4-1)17-25(18-20-11-5-2-6-12-20)16-8-15-24-21-22-13-7-14-23-21/h1-6,9-12H,7-8,13-18H2,(H2,22,23,24). The van der Waals surface area contributed by atoms with Crippen molar-refractivity contribution < 1.29 is 0 Å². The SMILES string of the molecule is c1ccc(CN(CCCNC2=NCCCN2)Cc2ccccc2)cc1. The highest BCUT2D eigenvalue weighted by Gasteiger charge is 2.08. The van der Waals surface area contributed by atoms with E-state index in [-0.39, 0.29) is 0 Å². The number of hydrogen-bond acceptors (Lipinski definition) is 4. The molecule has 3 rings (SSSR count). The fourth-order valence-corrected chi connectivity index (χ4v) is 3.06. The summed E-state index contributed by atoms with van der Waals surface area (Å²) >= 11 is 0. The van der Waals surface area contributed by atoms with Crippen LogP contribution in [0.4, 0.5) is 0 Å². The van der Waals surface area contributed by atoms with Gasteiger partial charge in [0.15, 0.2) is 5.96 Å². The predicted molar refractivity (Wildman–Crippen MR) is 105 cm³/mol. The van der Waals surface area contributed by atoms with Gasteiger partial charge in [0.05, 0.1) is 0 Å². The molecule has 4 heteroatoms. The third-order valence-electron chi connectivity index (χ3n) is 4.34. The molecule has 2 aromatic carbocycles. The van der Waals surface area contributed by atoms with E-state index in [1.807, 2.05) is 0 Å². The van der Waals surface area contributed by atoms with Crippen LogP contribution in [-0.2, 0) is 13.1 Å². The molecular weight excluding hydrogens is 308 g/mol. The van der Waals surface area contributed by atoms with Crippen LogP contribution >= 0.6 is 0 Å². The van der Waals surface area contributed by atoms with Gasteiger partial charge in [-0.05, 0) is 24.0 Å². The summed E-state index contributed by atoms with van der Waals surface area (Å²) in [5.41, 5.74) is 2.73. The number of aliphatic imine (C=N–C) groups is 1. The Balaban J connectivity index is 1.51. The van der Waals surface area contributed by atoms with Gasteiger partial charge in [-0.25, -0.2) is 0 Å². The largest absolute Gasteiger partial charge is 0.356 e. The van der Waals surface area contributed by atoms with E-state index < -0.39 is 0 Å². The molecule has 1 heterocycles. The molecule has 4 nitrogen and oxygen atoms in total. The lowest BCUT2D eigenvalue weighted by molar-refractivity contribution is 0.254. The molecule has 0 atom stereocenters. The van der Waals surface area contributed by atoms with Crippen LogP contribution in [0.1, 0.15) is 24.0 Å². The van der Waals surface area contributed by atoms with Gasteiger partial charge in [0.25, 0.3) is 0 Å². The summed E-state index contributed by atoms with van der Waals surface area (Å²) in [6.07, 6.45) is 2.23. The third-order valence-corrected chi connectivity index (χ3v) is 4.34. The molecule has 0 saturated heterocycles. The van der Waals surface area contributed by atoms with Gasteiger partial charge in [-0.3, -0.25) is 9.89 Å². The van der Waals surface area contributed by atoms with Gasteiger partial charge in [0, 0.05) is 39.3 Å². The lowest BCUT2D eigenvalue weighted by Gasteiger charge is -2.23. The van der Waals surface area contributed by atoms with E-state index in [4.69, 9.17) is 0 Å². The first-order chi connectivity index (χ1) is 12.4. The molecular formula is C21H28N4. The fraction of sp³-hybridized carbons (Fsp3) is 0.381. The Hall–Kier alpha value is -2.33. The fourth-order valence-electron chi connectivity index (χ4n) is 3.06. The second-order valence-electron chi connectivity index (χ2n) is 6.47. The Morgan fingerprint density at radius 2 is 1.56 bits per heavy atom. The molecule has 1 aliphatic heterocycles. The van der Waals surface area contributed by atoms with E-state index >= 15 is 0 Å². The van der Waals surface area contributed by atoms with E-state index in [1.54, 1.807) is 0 Å². The van der Waals surface area contributed by atoms with Crippen molar-refractivity contribution in [2.75, 3.05) is 26.2 Å². The molecule has 2 aromatic rings. The molecule has 132 valence electrons. The zero-order chi connectivity index (χ0) is 17.2. The first kappa shape index (κ1) is 17.5. The van der Waals surface area contributed by atoms with Crippen LogP contribution in [0.25, 0.3) is 0 Å². The average Bonchev–Trinajstić information content (AvgIpc) is 2.67. The van der Waals surface area contributed by atoms with Crippen molar-refractivity contribution in [2.24, 2.45) is 4.99 Å². The lowest BCUT2D eigenvalue weighted by Crippen LogP contribution is -2.41. The van der Waals surface area contributed by atoms with Crippen LogP contribution in [0.2, 0.25) is 0 Å². The summed E-state index contributed by atoms with van der Waals surface area (Å²) in [7, 11) is 0. The minimum absolute atomic E-state index is 0.934. The van der Waals surface area contributed by atoms with Gasteiger partial charge in [-0.2, -0.15) is 0 Å². The second kappa shape index (κ2) is 9.84. The molecule has 25 heavy (non-hydrogen) atoms. The van der Waals surface area contributed by atoms with Gasteiger partial charge in [-0.15, -0.1) is 0 Å². The summed E-state index contributed by atoms with van der Waals surface area (Å²) in [5.74, 6) is 0.962. The summed E-state index contributed by atoms with van der Waals surface area (Å²) in [5, 5.41) is 6.73. The quantitative estimate of drug-likeness (QED) is 0.728. The van der Waals surface area contributed by atoms with E-state index in [2.05, 4.69) is 81.2 Å². The van der Waals surface area contributed by atoms with Crippen molar-refractivity contribution in [2.45, 2.75) is 25.9 Å². The number of nitrogens with one attached hydrogen (secondary N) is 2. The van der Waals surface area contributed by atoms with Crippen molar-refractivity contribution in [3.63, 3.8) is 0 Å². The van der Waals surface area contributed by atoms with Crippen molar-refractivity contribution in [1.29, 1.82) is 0 Å².